The van der Waals surface area contributed by atoms with Crippen LogP contribution in [0.4, 0.5) is 0 Å². The molecule has 1 N–H and O–H groups in total. The van der Waals surface area contributed by atoms with Gasteiger partial charge in [-0.3, -0.25) is 0 Å². The SMILES string of the molecule is CC(C)(C)c1cc(CO)c2ccccc2c1. The molecule has 0 aliphatic rings. The van der Waals surface area contributed by atoms with Crippen LogP contribution < -0.4 is 0 Å². The number of fused-ring (bicyclic) bond motifs is 1. The molecule has 16 heavy (non-hydrogen) atoms. The van der Waals surface area contributed by atoms with Crippen LogP contribution in [0.2, 0.25) is 0 Å². The predicted octanol–water partition coefficient (Wildman–Crippen LogP) is 3.63. The maximum atomic E-state index is 9.43. The molecule has 0 bridgehead atoms. The molecule has 0 saturated heterocycles. The molecule has 0 radical (unpaired) electrons. The molecule has 84 valence electrons. The zero-order valence-corrected chi connectivity index (χ0v) is 10.1. The van der Waals surface area contributed by atoms with Gasteiger partial charge in [0.1, 0.15) is 0 Å². The van der Waals surface area contributed by atoms with Gasteiger partial charge < -0.3 is 5.11 Å². The van der Waals surface area contributed by atoms with Crippen LogP contribution in [0.3, 0.4) is 0 Å². The Labute approximate surface area is 96.7 Å². The highest BCUT2D eigenvalue weighted by molar-refractivity contribution is 5.86. The summed E-state index contributed by atoms with van der Waals surface area (Å²) in [6.07, 6.45) is 0. The van der Waals surface area contributed by atoms with Crippen LogP contribution in [0, 0.1) is 0 Å². The minimum atomic E-state index is 0.102. The lowest BCUT2D eigenvalue weighted by Crippen LogP contribution is -2.11. The fourth-order valence-corrected chi connectivity index (χ4v) is 1.95. The Morgan fingerprint density at radius 3 is 2.38 bits per heavy atom. The van der Waals surface area contributed by atoms with Crippen LogP contribution in [0.25, 0.3) is 10.8 Å². The molecule has 2 rings (SSSR count). The summed E-state index contributed by atoms with van der Waals surface area (Å²) in [4.78, 5) is 0. The summed E-state index contributed by atoms with van der Waals surface area (Å²) >= 11 is 0. The molecule has 1 nitrogen and oxygen atoms in total. The van der Waals surface area contributed by atoms with E-state index < -0.39 is 0 Å². The number of hydrogen-bond donors (Lipinski definition) is 1. The average Bonchev–Trinajstić information content (AvgIpc) is 2.26. The molecule has 0 unspecified atom stereocenters. The molecule has 0 aliphatic carbocycles. The minimum Gasteiger partial charge on any atom is -0.392 e. The second-order valence-electron chi connectivity index (χ2n) is 5.26. The van der Waals surface area contributed by atoms with E-state index in [1.54, 1.807) is 0 Å². The highest BCUT2D eigenvalue weighted by atomic mass is 16.3. The van der Waals surface area contributed by atoms with Crippen molar-refractivity contribution in [3.63, 3.8) is 0 Å². The molecular weight excluding hydrogens is 196 g/mol. The van der Waals surface area contributed by atoms with Gasteiger partial charge in [0, 0.05) is 0 Å². The fraction of sp³-hybridized carbons (Fsp3) is 0.333. The van der Waals surface area contributed by atoms with Crippen molar-refractivity contribution in [2.75, 3.05) is 0 Å². The maximum Gasteiger partial charge on any atom is 0.0687 e. The van der Waals surface area contributed by atoms with Gasteiger partial charge in [0.2, 0.25) is 0 Å². The standard InChI is InChI=1S/C15H18O/c1-15(2,3)13-8-11-6-4-5-7-14(11)12(9-13)10-16/h4-9,16H,10H2,1-3H3. The molecule has 0 saturated carbocycles. The van der Waals surface area contributed by atoms with Crippen LogP contribution in [0.5, 0.6) is 0 Å². The molecule has 0 aromatic heterocycles. The predicted molar refractivity (Wildman–Crippen MR) is 68.6 cm³/mol. The van der Waals surface area contributed by atoms with Crippen molar-refractivity contribution in [3.8, 4) is 0 Å². The molecule has 1 heteroatoms. The number of rotatable bonds is 1. The van der Waals surface area contributed by atoms with E-state index in [1.807, 2.05) is 12.1 Å². The summed E-state index contributed by atoms with van der Waals surface area (Å²) < 4.78 is 0. The van der Waals surface area contributed by atoms with E-state index in [-0.39, 0.29) is 12.0 Å². The van der Waals surface area contributed by atoms with Crippen LogP contribution in [-0.4, -0.2) is 5.11 Å². The van der Waals surface area contributed by atoms with Crippen LogP contribution >= 0.6 is 0 Å². The summed E-state index contributed by atoms with van der Waals surface area (Å²) in [5, 5.41) is 11.8. The molecule has 0 aliphatic heterocycles. The topological polar surface area (TPSA) is 20.2 Å². The van der Waals surface area contributed by atoms with Crippen molar-refractivity contribution in [2.24, 2.45) is 0 Å². The van der Waals surface area contributed by atoms with Gasteiger partial charge in [-0.05, 0) is 27.3 Å². The average molecular weight is 214 g/mol. The largest absolute Gasteiger partial charge is 0.392 e. The Balaban J connectivity index is 2.73. The number of aliphatic hydroxyl groups is 1. The highest BCUT2D eigenvalue weighted by Crippen LogP contribution is 2.28. The Morgan fingerprint density at radius 1 is 1.06 bits per heavy atom. The second-order valence-corrected chi connectivity index (χ2v) is 5.26. The first-order valence-electron chi connectivity index (χ1n) is 5.65. The van der Waals surface area contributed by atoms with Gasteiger partial charge in [0.05, 0.1) is 6.61 Å². The first-order valence-corrected chi connectivity index (χ1v) is 5.65. The van der Waals surface area contributed by atoms with Crippen molar-refractivity contribution in [1.29, 1.82) is 0 Å². The van der Waals surface area contributed by atoms with E-state index in [9.17, 15) is 5.11 Å². The Morgan fingerprint density at radius 2 is 1.75 bits per heavy atom. The van der Waals surface area contributed by atoms with Gasteiger partial charge >= 0.3 is 0 Å². The van der Waals surface area contributed by atoms with Gasteiger partial charge in [0.25, 0.3) is 0 Å². The quantitative estimate of drug-likeness (QED) is 0.768. The number of hydrogen-bond acceptors (Lipinski definition) is 1. The lowest BCUT2D eigenvalue weighted by molar-refractivity contribution is 0.283. The lowest BCUT2D eigenvalue weighted by atomic mass is 9.84. The van der Waals surface area contributed by atoms with Crippen molar-refractivity contribution >= 4 is 10.8 Å². The first-order chi connectivity index (χ1) is 7.52. The van der Waals surface area contributed by atoms with Gasteiger partial charge in [0.15, 0.2) is 0 Å². The molecule has 0 heterocycles. The minimum absolute atomic E-state index is 0.102. The van der Waals surface area contributed by atoms with Crippen molar-refractivity contribution in [3.05, 3.63) is 47.5 Å². The summed E-state index contributed by atoms with van der Waals surface area (Å²) in [5.41, 5.74) is 2.41. The van der Waals surface area contributed by atoms with Crippen LogP contribution in [-0.2, 0) is 12.0 Å². The van der Waals surface area contributed by atoms with Gasteiger partial charge in [-0.15, -0.1) is 0 Å². The third-order valence-electron chi connectivity index (χ3n) is 2.98. The first kappa shape index (κ1) is 11.2. The summed E-state index contributed by atoms with van der Waals surface area (Å²) in [5.74, 6) is 0. The lowest BCUT2D eigenvalue weighted by Gasteiger charge is -2.21. The summed E-state index contributed by atoms with van der Waals surface area (Å²) in [6, 6.07) is 12.5. The molecule has 2 aromatic rings. The molecule has 0 atom stereocenters. The molecule has 0 amide bonds. The van der Waals surface area contributed by atoms with E-state index in [2.05, 4.69) is 45.0 Å². The van der Waals surface area contributed by atoms with E-state index in [0.717, 1.165) is 10.9 Å². The molecule has 0 fully saturated rings. The van der Waals surface area contributed by atoms with E-state index >= 15 is 0 Å². The summed E-state index contributed by atoms with van der Waals surface area (Å²) in [6.45, 7) is 6.68. The zero-order chi connectivity index (χ0) is 11.8. The molecule has 2 aromatic carbocycles. The van der Waals surface area contributed by atoms with Crippen molar-refractivity contribution in [2.45, 2.75) is 32.8 Å². The third-order valence-corrected chi connectivity index (χ3v) is 2.98. The van der Waals surface area contributed by atoms with E-state index in [1.165, 1.54) is 10.9 Å². The fourth-order valence-electron chi connectivity index (χ4n) is 1.95. The smallest absolute Gasteiger partial charge is 0.0687 e. The second kappa shape index (κ2) is 3.91. The Hall–Kier alpha value is -1.34. The third kappa shape index (κ3) is 1.96. The highest BCUT2D eigenvalue weighted by Gasteiger charge is 2.15. The van der Waals surface area contributed by atoms with Crippen molar-refractivity contribution in [1.82, 2.24) is 0 Å². The van der Waals surface area contributed by atoms with E-state index in [0.29, 0.717) is 0 Å². The monoisotopic (exact) mass is 214 g/mol. The van der Waals surface area contributed by atoms with Crippen LogP contribution in [0.15, 0.2) is 36.4 Å². The molecule has 0 spiro atoms. The molecular formula is C15H18O. The van der Waals surface area contributed by atoms with Gasteiger partial charge in [-0.2, -0.15) is 0 Å². The van der Waals surface area contributed by atoms with Gasteiger partial charge in [-0.25, -0.2) is 0 Å². The van der Waals surface area contributed by atoms with Crippen molar-refractivity contribution < 1.29 is 5.11 Å². The number of benzene rings is 2. The Kier molecular flexibility index (Phi) is 2.73. The zero-order valence-electron chi connectivity index (χ0n) is 10.1. The number of aliphatic hydroxyl groups excluding tert-OH is 1. The Bertz CT molecular complexity index is 506. The summed E-state index contributed by atoms with van der Waals surface area (Å²) in [7, 11) is 0. The van der Waals surface area contributed by atoms with Gasteiger partial charge in [-0.1, -0.05) is 57.2 Å². The van der Waals surface area contributed by atoms with E-state index in [4.69, 9.17) is 0 Å². The maximum absolute atomic E-state index is 9.43. The van der Waals surface area contributed by atoms with Crippen LogP contribution in [0.1, 0.15) is 31.9 Å². The normalized spacial score (nSPS) is 12.0.